The lowest BCUT2D eigenvalue weighted by molar-refractivity contribution is 0.228. The number of aryl methyl sites for hydroxylation is 2. The van der Waals surface area contributed by atoms with Crippen molar-refractivity contribution in [3.8, 4) is 22.4 Å². The molecule has 0 radical (unpaired) electrons. The van der Waals surface area contributed by atoms with E-state index in [2.05, 4.69) is 66.5 Å². The fourth-order valence-corrected chi connectivity index (χ4v) is 6.98. The van der Waals surface area contributed by atoms with Crippen LogP contribution in [0, 0.1) is 18.8 Å². The van der Waals surface area contributed by atoms with E-state index in [4.69, 9.17) is 4.42 Å². The Hall–Kier alpha value is -3.39. The van der Waals surface area contributed by atoms with Gasteiger partial charge < -0.3 is 4.42 Å². The summed E-state index contributed by atoms with van der Waals surface area (Å²) in [6.07, 6.45) is 12.9. The highest BCUT2D eigenvalue weighted by Crippen LogP contribution is 2.42. The third kappa shape index (κ3) is 3.66. The minimum absolute atomic E-state index is 0.885. The second-order valence-corrected chi connectivity index (χ2v) is 11.0. The van der Waals surface area contributed by atoms with Crippen LogP contribution in [0.1, 0.15) is 55.2 Å². The predicted octanol–water partition coefficient (Wildman–Crippen LogP) is 9.31. The monoisotopic (exact) mass is 471 g/mol. The molecule has 0 spiro atoms. The molecule has 0 saturated heterocycles. The first-order valence-electron chi connectivity index (χ1n) is 13.7. The topological polar surface area (TPSA) is 26.0 Å². The number of para-hydroxylation sites is 1. The molecule has 2 nitrogen and oxygen atoms in total. The molecule has 2 aromatic heterocycles. The first kappa shape index (κ1) is 21.9. The van der Waals surface area contributed by atoms with Crippen molar-refractivity contribution in [2.75, 3.05) is 0 Å². The fraction of sp³-hybridized carbons (Fsp3) is 0.324. The maximum atomic E-state index is 6.70. The Morgan fingerprint density at radius 1 is 0.750 bits per heavy atom. The number of fused-ring (bicyclic) bond motifs is 4. The normalized spacial score (nSPS) is 18.5. The zero-order chi connectivity index (χ0) is 24.1. The molecule has 1 atom stereocenters. The van der Waals surface area contributed by atoms with Crippen LogP contribution in [0.3, 0.4) is 0 Å². The molecule has 180 valence electrons. The molecule has 2 heteroatoms. The molecule has 5 aromatic rings. The van der Waals surface area contributed by atoms with Crippen LogP contribution in [0.4, 0.5) is 0 Å². The summed E-state index contributed by atoms with van der Waals surface area (Å²) < 4.78 is 6.70. The van der Waals surface area contributed by atoms with Gasteiger partial charge in [-0.25, -0.2) is 0 Å². The van der Waals surface area contributed by atoms with E-state index >= 15 is 0 Å². The molecule has 7 rings (SSSR count). The molecule has 0 N–H and O–H groups in total. The fourth-order valence-electron chi connectivity index (χ4n) is 6.98. The molecule has 2 aliphatic rings. The van der Waals surface area contributed by atoms with Gasteiger partial charge in [0.1, 0.15) is 11.2 Å². The number of nitrogens with zero attached hydrogens (tertiary/aromatic N) is 1. The van der Waals surface area contributed by atoms with Crippen molar-refractivity contribution >= 4 is 21.9 Å². The number of benzene rings is 3. The van der Waals surface area contributed by atoms with Gasteiger partial charge in [-0.2, -0.15) is 0 Å². The van der Waals surface area contributed by atoms with Crippen LogP contribution in [0.5, 0.6) is 0 Å². The van der Waals surface area contributed by atoms with E-state index in [1.165, 1.54) is 79.0 Å². The Bertz CT molecular complexity index is 1560. The number of pyridine rings is 1. The first-order chi connectivity index (χ1) is 17.8. The number of hydrogen-bond acceptors (Lipinski definition) is 2. The lowest BCUT2D eigenvalue weighted by atomic mass is 9.71. The highest BCUT2D eigenvalue weighted by Gasteiger charge is 2.28. The van der Waals surface area contributed by atoms with E-state index in [-0.39, 0.29) is 0 Å². The van der Waals surface area contributed by atoms with Gasteiger partial charge in [0.05, 0.1) is 5.69 Å². The van der Waals surface area contributed by atoms with E-state index in [1.807, 2.05) is 18.3 Å². The molecule has 0 aliphatic heterocycles. The van der Waals surface area contributed by atoms with Crippen LogP contribution in [0.2, 0.25) is 0 Å². The van der Waals surface area contributed by atoms with Gasteiger partial charge in [-0.05, 0) is 72.4 Å². The SMILES string of the molecule is Cc1ccc2c(oc3c(-c4ccc5c(c4)CCC(C4CCCCC4)C5)cccc32)c1-c1ccccn1. The van der Waals surface area contributed by atoms with Crippen molar-refractivity contribution in [1.29, 1.82) is 0 Å². The summed E-state index contributed by atoms with van der Waals surface area (Å²) in [6, 6.07) is 24.2. The Morgan fingerprint density at radius 2 is 1.64 bits per heavy atom. The molecule has 1 unspecified atom stereocenters. The maximum Gasteiger partial charge on any atom is 0.145 e. The molecular weight excluding hydrogens is 438 g/mol. The van der Waals surface area contributed by atoms with E-state index in [0.717, 1.165) is 39.6 Å². The summed E-state index contributed by atoms with van der Waals surface area (Å²) in [4.78, 5) is 4.64. The average molecular weight is 472 g/mol. The number of aromatic nitrogens is 1. The summed E-state index contributed by atoms with van der Waals surface area (Å²) in [5.41, 5.74) is 10.7. The van der Waals surface area contributed by atoms with Gasteiger partial charge in [-0.1, -0.05) is 86.7 Å². The predicted molar refractivity (Wildman–Crippen MR) is 149 cm³/mol. The van der Waals surface area contributed by atoms with Gasteiger partial charge in [0.25, 0.3) is 0 Å². The van der Waals surface area contributed by atoms with Crippen molar-refractivity contribution in [3.05, 3.63) is 89.6 Å². The lowest BCUT2D eigenvalue weighted by Gasteiger charge is -2.34. The van der Waals surface area contributed by atoms with Crippen molar-refractivity contribution < 1.29 is 4.42 Å². The van der Waals surface area contributed by atoms with Gasteiger partial charge in [0.2, 0.25) is 0 Å². The highest BCUT2D eigenvalue weighted by molar-refractivity contribution is 6.13. The zero-order valence-electron chi connectivity index (χ0n) is 21.1. The second kappa shape index (κ2) is 8.92. The minimum Gasteiger partial charge on any atom is -0.455 e. The summed E-state index contributed by atoms with van der Waals surface area (Å²) in [5, 5.41) is 2.33. The molecular formula is C34H33NO. The summed E-state index contributed by atoms with van der Waals surface area (Å²) in [5.74, 6) is 1.84. The van der Waals surface area contributed by atoms with Gasteiger partial charge in [-0.3, -0.25) is 4.98 Å². The Labute approximate surface area is 213 Å². The van der Waals surface area contributed by atoms with Crippen molar-refractivity contribution in [1.82, 2.24) is 4.98 Å². The quantitative estimate of drug-likeness (QED) is 0.262. The second-order valence-electron chi connectivity index (χ2n) is 11.0. The Kier molecular flexibility index (Phi) is 5.42. The Morgan fingerprint density at radius 3 is 2.50 bits per heavy atom. The van der Waals surface area contributed by atoms with Crippen LogP contribution in [0.25, 0.3) is 44.3 Å². The van der Waals surface area contributed by atoms with Crippen molar-refractivity contribution in [2.24, 2.45) is 11.8 Å². The van der Waals surface area contributed by atoms with Crippen LogP contribution < -0.4 is 0 Å². The molecule has 1 saturated carbocycles. The maximum absolute atomic E-state index is 6.70. The lowest BCUT2D eigenvalue weighted by Crippen LogP contribution is -2.24. The zero-order valence-corrected chi connectivity index (χ0v) is 21.1. The van der Waals surface area contributed by atoms with Gasteiger partial charge in [0.15, 0.2) is 0 Å². The summed E-state index contributed by atoms with van der Waals surface area (Å²) in [7, 11) is 0. The third-order valence-corrected chi connectivity index (χ3v) is 8.90. The van der Waals surface area contributed by atoms with Crippen molar-refractivity contribution in [3.63, 3.8) is 0 Å². The average Bonchev–Trinajstić information content (AvgIpc) is 3.32. The van der Waals surface area contributed by atoms with E-state index in [9.17, 15) is 0 Å². The number of furan rings is 1. The van der Waals surface area contributed by atoms with E-state index in [1.54, 1.807) is 5.56 Å². The highest BCUT2D eigenvalue weighted by atomic mass is 16.3. The van der Waals surface area contributed by atoms with Gasteiger partial charge >= 0.3 is 0 Å². The van der Waals surface area contributed by atoms with Crippen LogP contribution in [-0.4, -0.2) is 4.98 Å². The molecule has 0 amide bonds. The Balaban J connectivity index is 1.30. The third-order valence-electron chi connectivity index (χ3n) is 8.90. The summed E-state index contributed by atoms with van der Waals surface area (Å²) in [6.45, 7) is 2.14. The first-order valence-corrected chi connectivity index (χ1v) is 13.7. The molecule has 0 bridgehead atoms. The molecule has 1 fully saturated rings. The van der Waals surface area contributed by atoms with Crippen LogP contribution >= 0.6 is 0 Å². The van der Waals surface area contributed by atoms with Gasteiger partial charge in [-0.15, -0.1) is 0 Å². The summed E-state index contributed by atoms with van der Waals surface area (Å²) >= 11 is 0. The van der Waals surface area contributed by atoms with Crippen molar-refractivity contribution in [2.45, 2.75) is 58.3 Å². The number of hydrogen-bond donors (Lipinski definition) is 0. The number of rotatable bonds is 3. The van der Waals surface area contributed by atoms with Crippen LogP contribution in [-0.2, 0) is 12.8 Å². The largest absolute Gasteiger partial charge is 0.455 e. The van der Waals surface area contributed by atoms with E-state index in [0.29, 0.717) is 0 Å². The standard InChI is InChI=1S/C34H33NO/c1-22-13-18-30-29-11-7-10-28(33(29)36-34(30)32(22)31-12-5-6-19-35-31)27-17-16-25-20-24(14-15-26(25)21-27)23-8-3-2-4-9-23/h5-7,10-13,16-19,21,23-24H,2-4,8-9,14-15,20H2,1H3. The molecule has 2 aliphatic carbocycles. The minimum atomic E-state index is 0.885. The molecule has 2 heterocycles. The molecule has 3 aromatic carbocycles. The van der Waals surface area contributed by atoms with Gasteiger partial charge in [0, 0.05) is 28.1 Å². The molecule has 36 heavy (non-hydrogen) atoms. The van der Waals surface area contributed by atoms with Crippen LogP contribution in [0.15, 0.2) is 77.3 Å². The smallest absolute Gasteiger partial charge is 0.145 e. The van der Waals surface area contributed by atoms with E-state index < -0.39 is 0 Å².